The molecule has 0 aliphatic rings. The van der Waals surface area contributed by atoms with E-state index in [2.05, 4.69) is 25.6 Å². The van der Waals surface area contributed by atoms with Crippen LogP contribution in [-0.4, -0.2) is 32.4 Å². The highest BCUT2D eigenvalue weighted by molar-refractivity contribution is 7.80. The van der Waals surface area contributed by atoms with Crippen LogP contribution in [0.2, 0.25) is 0 Å². The molecule has 0 radical (unpaired) electrons. The van der Waals surface area contributed by atoms with Gasteiger partial charge < -0.3 is 10.6 Å². The number of anilines is 1. The fraction of sp³-hybridized carbons (Fsp3) is 0.188. The van der Waals surface area contributed by atoms with E-state index >= 15 is 0 Å². The summed E-state index contributed by atoms with van der Waals surface area (Å²) in [6.07, 6.45) is 1.69. The maximum absolute atomic E-state index is 11.4. The predicted molar refractivity (Wildman–Crippen MR) is 101 cm³/mol. The highest BCUT2D eigenvalue weighted by Gasteiger charge is 2.10. The molecule has 3 aromatic rings. The van der Waals surface area contributed by atoms with Crippen LogP contribution in [0.4, 0.5) is 5.82 Å². The number of carbonyl (C=O) groups excluding carboxylic acids is 1. The zero-order valence-electron chi connectivity index (χ0n) is 13.2. The normalized spacial score (nSPS) is 10.6. The van der Waals surface area contributed by atoms with Crippen molar-refractivity contribution in [2.45, 2.75) is 13.8 Å². The van der Waals surface area contributed by atoms with Crippen LogP contribution in [0.15, 0.2) is 30.5 Å². The first-order chi connectivity index (χ1) is 11.6. The summed E-state index contributed by atoms with van der Waals surface area (Å²) in [6.45, 7) is 4.25. The Morgan fingerprint density at radius 2 is 2.08 bits per heavy atom. The lowest BCUT2D eigenvalue weighted by Gasteiger charge is -2.08. The largest absolute Gasteiger partial charge is 0.363 e. The van der Waals surface area contributed by atoms with E-state index in [0.717, 1.165) is 11.4 Å². The minimum absolute atomic E-state index is 0.0431. The molecule has 3 rings (SSSR count). The van der Waals surface area contributed by atoms with E-state index in [9.17, 15) is 4.79 Å². The number of Topliss-reactive ketones (excluding diaryl/α,β-unsaturated/α-hetero) is 1. The van der Waals surface area contributed by atoms with Gasteiger partial charge in [0.15, 0.2) is 16.5 Å². The molecule has 0 amide bonds. The highest BCUT2D eigenvalue weighted by Crippen LogP contribution is 2.27. The Hall–Kier alpha value is -2.45. The number of fused-ring (bicyclic) bond motifs is 1. The number of hydrogen-bond donors (Lipinski definition) is 2. The summed E-state index contributed by atoms with van der Waals surface area (Å²) in [6, 6.07) is 7.32. The molecule has 0 aromatic carbocycles. The molecule has 24 heavy (non-hydrogen) atoms. The molecular weight excluding hydrogens is 342 g/mol. The fourth-order valence-corrected chi connectivity index (χ4v) is 3.18. The first-order valence-electron chi connectivity index (χ1n) is 7.36. The van der Waals surface area contributed by atoms with Gasteiger partial charge in [-0.3, -0.25) is 9.78 Å². The third-order valence-electron chi connectivity index (χ3n) is 3.19. The Bertz CT molecular complexity index is 922. The molecule has 0 atom stereocenters. The van der Waals surface area contributed by atoms with Crippen LogP contribution < -0.4 is 10.6 Å². The number of pyridine rings is 1. The van der Waals surface area contributed by atoms with Gasteiger partial charge in [-0.2, -0.15) is 0 Å². The molecule has 2 N–H and O–H groups in total. The van der Waals surface area contributed by atoms with Crippen molar-refractivity contribution in [1.29, 1.82) is 0 Å². The second-order valence-electron chi connectivity index (χ2n) is 5.00. The van der Waals surface area contributed by atoms with Crippen LogP contribution in [0.1, 0.15) is 23.5 Å². The summed E-state index contributed by atoms with van der Waals surface area (Å²) in [7, 11) is 0. The molecule has 0 bridgehead atoms. The third kappa shape index (κ3) is 3.55. The number of carbonyl (C=O) groups is 1. The lowest BCUT2D eigenvalue weighted by atomic mass is 10.3. The van der Waals surface area contributed by atoms with Crippen molar-refractivity contribution in [2.24, 2.45) is 0 Å². The van der Waals surface area contributed by atoms with Gasteiger partial charge in [-0.1, -0.05) is 0 Å². The maximum Gasteiger partial charge on any atom is 0.180 e. The van der Waals surface area contributed by atoms with Gasteiger partial charge in [-0.15, -0.1) is 11.3 Å². The van der Waals surface area contributed by atoms with Crippen LogP contribution in [-0.2, 0) is 0 Å². The first kappa shape index (κ1) is 16.4. The molecule has 0 unspecified atom stereocenters. The number of thiophene rings is 1. The molecule has 0 fully saturated rings. The van der Waals surface area contributed by atoms with E-state index < -0.39 is 0 Å². The number of hydrogen-bond acceptors (Lipinski definition) is 6. The summed E-state index contributed by atoms with van der Waals surface area (Å²) in [5.41, 5.74) is 1.91. The SMILES string of the molecule is CCNC(=S)Nc1ccc2ncc(-c3ccc(C(C)=O)s3)nc2n1. The van der Waals surface area contributed by atoms with Crippen molar-refractivity contribution in [3.8, 4) is 10.6 Å². The smallest absolute Gasteiger partial charge is 0.180 e. The number of aromatic nitrogens is 3. The van der Waals surface area contributed by atoms with Gasteiger partial charge in [0.1, 0.15) is 17.0 Å². The Kier molecular flexibility index (Phi) is 4.77. The van der Waals surface area contributed by atoms with E-state index in [4.69, 9.17) is 12.2 Å². The van der Waals surface area contributed by atoms with Crippen LogP contribution in [0, 0.1) is 0 Å². The van der Waals surface area contributed by atoms with E-state index in [1.807, 2.05) is 19.1 Å². The average Bonchev–Trinajstić information content (AvgIpc) is 3.04. The second kappa shape index (κ2) is 6.98. The summed E-state index contributed by atoms with van der Waals surface area (Å²) in [5, 5.41) is 6.53. The van der Waals surface area contributed by atoms with Crippen molar-refractivity contribution in [2.75, 3.05) is 11.9 Å². The van der Waals surface area contributed by atoms with Crippen molar-refractivity contribution >= 4 is 51.4 Å². The molecule has 0 saturated carbocycles. The summed E-state index contributed by atoms with van der Waals surface area (Å²) < 4.78 is 0. The third-order valence-corrected chi connectivity index (χ3v) is 4.65. The fourth-order valence-electron chi connectivity index (χ4n) is 2.07. The number of nitrogens with one attached hydrogen (secondary N) is 2. The Balaban J connectivity index is 1.93. The van der Waals surface area contributed by atoms with E-state index in [-0.39, 0.29) is 5.78 Å². The van der Waals surface area contributed by atoms with Gasteiger partial charge in [0.25, 0.3) is 0 Å². The van der Waals surface area contributed by atoms with Gasteiger partial charge >= 0.3 is 0 Å². The number of thiocarbonyl (C=S) groups is 1. The van der Waals surface area contributed by atoms with E-state index in [1.54, 1.807) is 25.3 Å². The quantitative estimate of drug-likeness (QED) is 0.548. The van der Waals surface area contributed by atoms with Crippen molar-refractivity contribution in [3.63, 3.8) is 0 Å². The van der Waals surface area contributed by atoms with Crippen LogP contribution in [0.25, 0.3) is 21.7 Å². The van der Waals surface area contributed by atoms with Crippen LogP contribution >= 0.6 is 23.6 Å². The van der Waals surface area contributed by atoms with E-state index in [1.165, 1.54) is 11.3 Å². The maximum atomic E-state index is 11.4. The minimum atomic E-state index is 0.0431. The number of rotatable bonds is 4. The summed E-state index contributed by atoms with van der Waals surface area (Å²) >= 11 is 6.56. The van der Waals surface area contributed by atoms with Crippen LogP contribution in [0.5, 0.6) is 0 Å². The molecule has 6 nitrogen and oxygen atoms in total. The topological polar surface area (TPSA) is 79.8 Å². The molecule has 0 saturated heterocycles. The van der Waals surface area contributed by atoms with Gasteiger partial charge in [-0.25, -0.2) is 9.97 Å². The second-order valence-corrected chi connectivity index (χ2v) is 6.49. The Morgan fingerprint density at radius 3 is 2.79 bits per heavy atom. The molecule has 8 heteroatoms. The Morgan fingerprint density at radius 1 is 1.25 bits per heavy atom. The summed E-state index contributed by atoms with van der Waals surface area (Å²) in [4.78, 5) is 26.4. The van der Waals surface area contributed by atoms with Crippen molar-refractivity contribution in [3.05, 3.63) is 35.3 Å². The number of ketones is 1. The molecule has 0 aliphatic carbocycles. The predicted octanol–water partition coefficient (Wildman–Crippen LogP) is 3.26. The lowest BCUT2D eigenvalue weighted by Crippen LogP contribution is -2.28. The average molecular weight is 357 g/mol. The van der Waals surface area contributed by atoms with Crippen molar-refractivity contribution in [1.82, 2.24) is 20.3 Å². The molecule has 0 aliphatic heterocycles. The first-order valence-corrected chi connectivity index (χ1v) is 8.59. The molecule has 3 aromatic heterocycles. The van der Waals surface area contributed by atoms with Gasteiger partial charge in [0, 0.05) is 6.54 Å². The van der Waals surface area contributed by atoms with Crippen molar-refractivity contribution < 1.29 is 4.79 Å². The van der Waals surface area contributed by atoms with Crippen LogP contribution in [0.3, 0.4) is 0 Å². The zero-order valence-corrected chi connectivity index (χ0v) is 14.8. The monoisotopic (exact) mass is 357 g/mol. The Labute approximate surface area is 148 Å². The molecule has 3 heterocycles. The minimum Gasteiger partial charge on any atom is -0.363 e. The standard InChI is InChI=1S/C16H15N5OS2/c1-3-17-16(23)21-14-7-4-10-15(20-14)19-11(8-18-10)13-6-5-12(24-13)9(2)22/h4-8H,3H2,1-2H3,(H2,17,19,20,21,23). The van der Waals surface area contributed by atoms with Gasteiger partial charge in [-0.05, 0) is 50.3 Å². The van der Waals surface area contributed by atoms with Gasteiger partial charge in [0.2, 0.25) is 0 Å². The van der Waals surface area contributed by atoms with E-state index in [0.29, 0.717) is 32.7 Å². The summed E-state index contributed by atoms with van der Waals surface area (Å²) in [5.74, 6) is 0.650. The van der Waals surface area contributed by atoms with Gasteiger partial charge in [0.05, 0.1) is 16.0 Å². The zero-order chi connectivity index (χ0) is 17.1. The molecular formula is C16H15N5OS2. The molecule has 0 spiro atoms. The molecule has 122 valence electrons. The lowest BCUT2D eigenvalue weighted by molar-refractivity contribution is 0.102. The highest BCUT2D eigenvalue weighted by atomic mass is 32.1. The number of nitrogens with zero attached hydrogens (tertiary/aromatic N) is 3.